The van der Waals surface area contributed by atoms with Crippen LogP contribution >= 0.6 is 11.6 Å². The van der Waals surface area contributed by atoms with Crippen LogP contribution in [0.15, 0.2) is 24.3 Å². The van der Waals surface area contributed by atoms with Crippen LogP contribution in [0.2, 0.25) is 5.02 Å². The quantitative estimate of drug-likeness (QED) is 0.889. The van der Waals surface area contributed by atoms with E-state index in [1.54, 1.807) is 7.11 Å². The smallest absolute Gasteiger partial charge is 0.0913 e. The molecule has 4 heteroatoms. The van der Waals surface area contributed by atoms with Crippen molar-refractivity contribution in [1.82, 2.24) is 4.98 Å². The number of pyridine rings is 1. The van der Waals surface area contributed by atoms with E-state index in [1.807, 2.05) is 31.3 Å². The molecular weight excluding hydrogens is 224 g/mol. The van der Waals surface area contributed by atoms with E-state index in [4.69, 9.17) is 16.3 Å². The highest BCUT2D eigenvalue weighted by Crippen LogP contribution is 2.28. The van der Waals surface area contributed by atoms with Crippen molar-refractivity contribution >= 4 is 28.2 Å². The number of para-hydroxylation sites is 1. The van der Waals surface area contributed by atoms with Gasteiger partial charge in [-0.3, -0.25) is 0 Å². The first kappa shape index (κ1) is 11.2. The van der Waals surface area contributed by atoms with Crippen LogP contribution in [0, 0.1) is 0 Å². The molecular formula is C12H13ClN2O. The van der Waals surface area contributed by atoms with E-state index < -0.39 is 0 Å². The van der Waals surface area contributed by atoms with E-state index in [1.165, 1.54) is 0 Å². The average molecular weight is 237 g/mol. The second kappa shape index (κ2) is 4.68. The van der Waals surface area contributed by atoms with Crippen LogP contribution in [0.25, 0.3) is 10.9 Å². The third kappa shape index (κ3) is 1.96. The SMILES string of the molecule is CNc1cc(COC)nc2c(Cl)cccc12. The molecule has 0 unspecified atom stereocenters. The number of benzene rings is 1. The molecule has 0 spiro atoms. The van der Waals surface area contributed by atoms with E-state index in [2.05, 4.69) is 10.3 Å². The maximum absolute atomic E-state index is 6.13. The number of nitrogens with zero attached hydrogens (tertiary/aromatic N) is 1. The normalized spacial score (nSPS) is 10.7. The Balaban J connectivity index is 2.69. The molecule has 3 nitrogen and oxygen atoms in total. The lowest BCUT2D eigenvalue weighted by Gasteiger charge is -2.09. The molecule has 1 heterocycles. The topological polar surface area (TPSA) is 34.1 Å². The predicted octanol–water partition coefficient (Wildman–Crippen LogP) is 3.08. The van der Waals surface area contributed by atoms with Crippen molar-refractivity contribution in [2.24, 2.45) is 0 Å². The number of fused-ring (bicyclic) bond motifs is 1. The lowest BCUT2D eigenvalue weighted by atomic mass is 10.1. The van der Waals surface area contributed by atoms with Crippen LogP contribution < -0.4 is 5.32 Å². The van der Waals surface area contributed by atoms with Crippen molar-refractivity contribution in [3.8, 4) is 0 Å². The zero-order valence-corrected chi connectivity index (χ0v) is 10.0. The second-order valence-corrected chi connectivity index (χ2v) is 3.89. The first-order valence-corrected chi connectivity index (χ1v) is 5.39. The zero-order chi connectivity index (χ0) is 11.5. The Morgan fingerprint density at radius 3 is 2.94 bits per heavy atom. The van der Waals surface area contributed by atoms with Crippen molar-refractivity contribution in [2.45, 2.75) is 6.61 Å². The van der Waals surface area contributed by atoms with Crippen LogP contribution in [0.4, 0.5) is 5.69 Å². The molecule has 16 heavy (non-hydrogen) atoms. The van der Waals surface area contributed by atoms with E-state index in [0.29, 0.717) is 11.6 Å². The van der Waals surface area contributed by atoms with Gasteiger partial charge in [0.1, 0.15) is 0 Å². The van der Waals surface area contributed by atoms with Gasteiger partial charge >= 0.3 is 0 Å². The lowest BCUT2D eigenvalue weighted by molar-refractivity contribution is 0.182. The number of halogens is 1. The van der Waals surface area contributed by atoms with E-state index in [-0.39, 0.29) is 0 Å². The number of methoxy groups -OCH3 is 1. The first-order valence-electron chi connectivity index (χ1n) is 5.01. The van der Waals surface area contributed by atoms with Gasteiger partial charge in [-0.05, 0) is 12.1 Å². The van der Waals surface area contributed by atoms with Gasteiger partial charge in [-0.1, -0.05) is 23.7 Å². The maximum Gasteiger partial charge on any atom is 0.0913 e. The van der Waals surface area contributed by atoms with Crippen molar-refractivity contribution in [2.75, 3.05) is 19.5 Å². The largest absolute Gasteiger partial charge is 0.388 e. The van der Waals surface area contributed by atoms with Crippen LogP contribution in [0.3, 0.4) is 0 Å². The third-order valence-electron chi connectivity index (χ3n) is 2.40. The summed E-state index contributed by atoms with van der Waals surface area (Å²) in [6, 6.07) is 7.73. The minimum absolute atomic E-state index is 0.482. The number of hydrogen-bond acceptors (Lipinski definition) is 3. The third-order valence-corrected chi connectivity index (χ3v) is 2.71. The van der Waals surface area contributed by atoms with Gasteiger partial charge in [0.2, 0.25) is 0 Å². The van der Waals surface area contributed by atoms with Gasteiger partial charge in [-0.25, -0.2) is 4.98 Å². The molecule has 0 aliphatic carbocycles. The summed E-state index contributed by atoms with van der Waals surface area (Å²) in [7, 11) is 3.53. The average Bonchev–Trinajstić information content (AvgIpc) is 2.30. The van der Waals surface area contributed by atoms with Gasteiger partial charge in [-0.15, -0.1) is 0 Å². The molecule has 1 aromatic heterocycles. The Kier molecular flexibility index (Phi) is 3.27. The van der Waals surface area contributed by atoms with Crippen molar-refractivity contribution in [3.05, 3.63) is 35.0 Å². The molecule has 0 amide bonds. The molecule has 0 fully saturated rings. The molecule has 2 aromatic rings. The minimum Gasteiger partial charge on any atom is -0.388 e. The highest BCUT2D eigenvalue weighted by molar-refractivity contribution is 6.35. The van der Waals surface area contributed by atoms with Crippen molar-refractivity contribution in [1.29, 1.82) is 0 Å². The molecule has 1 N–H and O–H groups in total. The fraction of sp³-hybridized carbons (Fsp3) is 0.250. The number of rotatable bonds is 3. The minimum atomic E-state index is 0.482. The Morgan fingerprint density at radius 1 is 1.44 bits per heavy atom. The molecule has 1 aromatic carbocycles. The van der Waals surface area contributed by atoms with Gasteiger partial charge in [0, 0.05) is 25.2 Å². The number of ether oxygens (including phenoxy) is 1. The monoisotopic (exact) mass is 236 g/mol. The van der Waals surface area contributed by atoms with Gasteiger partial charge in [0.05, 0.1) is 22.8 Å². The molecule has 0 radical (unpaired) electrons. The van der Waals surface area contributed by atoms with Crippen molar-refractivity contribution in [3.63, 3.8) is 0 Å². The fourth-order valence-corrected chi connectivity index (χ4v) is 1.91. The predicted molar refractivity (Wildman–Crippen MR) is 67.0 cm³/mol. The maximum atomic E-state index is 6.13. The Hall–Kier alpha value is -1.32. The number of nitrogens with one attached hydrogen (secondary N) is 1. The molecule has 2 rings (SSSR count). The molecule has 0 saturated carbocycles. The van der Waals surface area contributed by atoms with Gasteiger partial charge in [0.25, 0.3) is 0 Å². The summed E-state index contributed by atoms with van der Waals surface area (Å²) in [5, 5.41) is 4.82. The number of aromatic nitrogens is 1. The summed E-state index contributed by atoms with van der Waals surface area (Å²) in [6.45, 7) is 0.482. The standard InChI is InChI=1S/C12H13ClN2O/c1-14-11-6-8(7-16-2)15-12-9(11)4-3-5-10(12)13/h3-6H,7H2,1-2H3,(H,14,15). The highest BCUT2D eigenvalue weighted by atomic mass is 35.5. The second-order valence-electron chi connectivity index (χ2n) is 3.48. The van der Waals surface area contributed by atoms with E-state index >= 15 is 0 Å². The summed E-state index contributed by atoms with van der Waals surface area (Å²) >= 11 is 6.13. The first-order chi connectivity index (χ1) is 7.76. The number of anilines is 1. The summed E-state index contributed by atoms with van der Waals surface area (Å²) in [5.41, 5.74) is 2.69. The summed E-state index contributed by atoms with van der Waals surface area (Å²) in [4.78, 5) is 4.48. The Morgan fingerprint density at radius 2 is 2.25 bits per heavy atom. The molecule has 0 aliphatic rings. The zero-order valence-electron chi connectivity index (χ0n) is 9.25. The summed E-state index contributed by atoms with van der Waals surface area (Å²) in [5.74, 6) is 0. The number of hydrogen-bond donors (Lipinski definition) is 1. The molecule has 0 aliphatic heterocycles. The molecule has 0 atom stereocenters. The van der Waals surface area contributed by atoms with Crippen LogP contribution in [-0.2, 0) is 11.3 Å². The van der Waals surface area contributed by atoms with Gasteiger partial charge in [0.15, 0.2) is 0 Å². The van der Waals surface area contributed by atoms with Crippen molar-refractivity contribution < 1.29 is 4.74 Å². The van der Waals surface area contributed by atoms with Crippen LogP contribution in [-0.4, -0.2) is 19.1 Å². The lowest BCUT2D eigenvalue weighted by Crippen LogP contribution is -1.98. The Bertz CT molecular complexity index is 514. The van der Waals surface area contributed by atoms with Crippen LogP contribution in [0.1, 0.15) is 5.69 Å². The van der Waals surface area contributed by atoms with Gasteiger partial charge < -0.3 is 10.1 Å². The van der Waals surface area contributed by atoms with Crippen LogP contribution in [0.5, 0.6) is 0 Å². The fourth-order valence-electron chi connectivity index (χ4n) is 1.70. The summed E-state index contributed by atoms with van der Waals surface area (Å²) < 4.78 is 5.08. The van der Waals surface area contributed by atoms with E-state index in [0.717, 1.165) is 22.3 Å². The molecule has 0 bridgehead atoms. The molecule has 0 saturated heterocycles. The van der Waals surface area contributed by atoms with E-state index in [9.17, 15) is 0 Å². The summed E-state index contributed by atoms with van der Waals surface area (Å²) in [6.07, 6.45) is 0. The van der Waals surface area contributed by atoms with Gasteiger partial charge in [-0.2, -0.15) is 0 Å². The molecule has 84 valence electrons. The highest BCUT2D eigenvalue weighted by Gasteiger charge is 2.07. The Labute approximate surface area is 99.4 Å².